The standard InChI is InChI=1S/C42H75O8P/c1-3-5-7-9-11-13-15-17-19-20-21-22-23-25-27-29-31-33-35-37-42(44)50-40(39-49-51(45,46)47)38-48-41(43)36-34-32-30-28-26-24-18-16-14-12-10-8-6-4-2/h11,13,16-19,21-22,40H,3-10,12,14-15,20,23-39H2,1-2H3,(H2,45,46,47)/b13-11-,18-16-,19-17-,22-21-. The molecule has 296 valence electrons. The Morgan fingerprint density at radius 3 is 1.37 bits per heavy atom. The minimum atomic E-state index is -4.76. The highest BCUT2D eigenvalue weighted by atomic mass is 31.2. The second-order valence-electron chi connectivity index (χ2n) is 13.6. The molecule has 0 amide bonds. The highest BCUT2D eigenvalue weighted by Crippen LogP contribution is 2.36. The van der Waals surface area contributed by atoms with Gasteiger partial charge in [-0.2, -0.15) is 0 Å². The normalized spacial score (nSPS) is 12.9. The largest absolute Gasteiger partial charge is 0.469 e. The maximum Gasteiger partial charge on any atom is 0.469 e. The molecule has 0 aliphatic carbocycles. The zero-order chi connectivity index (χ0) is 37.5. The van der Waals surface area contributed by atoms with Gasteiger partial charge < -0.3 is 19.3 Å². The van der Waals surface area contributed by atoms with Crippen molar-refractivity contribution in [3.8, 4) is 0 Å². The minimum absolute atomic E-state index is 0.195. The summed E-state index contributed by atoms with van der Waals surface area (Å²) in [6.45, 7) is 3.63. The lowest BCUT2D eigenvalue weighted by molar-refractivity contribution is -0.161. The van der Waals surface area contributed by atoms with Crippen LogP contribution in [0.5, 0.6) is 0 Å². The second-order valence-corrected chi connectivity index (χ2v) is 14.8. The molecular weight excluding hydrogens is 663 g/mol. The van der Waals surface area contributed by atoms with E-state index in [1.807, 2.05) is 0 Å². The molecule has 0 aromatic carbocycles. The Morgan fingerprint density at radius 1 is 0.510 bits per heavy atom. The van der Waals surface area contributed by atoms with Gasteiger partial charge >= 0.3 is 19.8 Å². The van der Waals surface area contributed by atoms with Crippen molar-refractivity contribution >= 4 is 19.8 Å². The third-order valence-corrected chi connectivity index (χ3v) is 9.06. The predicted octanol–water partition coefficient (Wildman–Crippen LogP) is 12.3. The van der Waals surface area contributed by atoms with Gasteiger partial charge in [-0.05, 0) is 77.0 Å². The molecule has 0 aromatic rings. The molecule has 0 rings (SSSR count). The first-order chi connectivity index (χ1) is 24.8. The highest BCUT2D eigenvalue weighted by Gasteiger charge is 2.22. The molecule has 0 bridgehead atoms. The van der Waals surface area contributed by atoms with Gasteiger partial charge in [-0.3, -0.25) is 14.1 Å². The van der Waals surface area contributed by atoms with Crippen LogP contribution in [0.2, 0.25) is 0 Å². The lowest BCUT2D eigenvalue weighted by atomic mass is 10.1. The van der Waals surface area contributed by atoms with E-state index in [1.165, 1.54) is 64.2 Å². The number of ether oxygens (including phenoxy) is 2. The Balaban J connectivity index is 3.98. The van der Waals surface area contributed by atoms with Gasteiger partial charge in [-0.15, -0.1) is 0 Å². The molecule has 0 saturated heterocycles. The van der Waals surface area contributed by atoms with Gasteiger partial charge in [-0.1, -0.05) is 146 Å². The number of esters is 2. The van der Waals surface area contributed by atoms with E-state index in [2.05, 4.69) is 67.0 Å². The molecule has 0 fully saturated rings. The van der Waals surface area contributed by atoms with E-state index in [-0.39, 0.29) is 19.4 Å². The van der Waals surface area contributed by atoms with Crippen molar-refractivity contribution in [2.45, 2.75) is 193 Å². The van der Waals surface area contributed by atoms with Crippen LogP contribution in [0.3, 0.4) is 0 Å². The summed E-state index contributed by atoms with van der Waals surface area (Å²) in [7, 11) is -4.76. The summed E-state index contributed by atoms with van der Waals surface area (Å²) in [5.74, 6) is -0.910. The predicted molar refractivity (Wildman–Crippen MR) is 211 cm³/mol. The molecule has 1 unspecified atom stereocenters. The number of phosphoric ester groups is 1. The number of carbonyl (C=O) groups excluding carboxylic acids is 2. The number of carbonyl (C=O) groups is 2. The van der Waals surface area contributed by atoms with Crippen LogP contribution in [0, 0.1) is 0 Å². The van der Waals surface area contributed by atoms with Crippen molar-refractivity contribution < 1.29 is 37.9 Å². The van der Waals surface area contributed by atoms with Gasteiger partial charge in [0.05, 0.1) is 6.61 Å². The molecule has 8 nitrogen and oxygen atoms in total. The van der Waals surface area contributed by atoms with E-state index in [9.17, 15) is 14.2 Å². The SMILES string of the molecule is CCCCC/C=C\C/C=C\C/C=C\CCCCCCCCC(=O)OC(COC(=O)CCCCCCC/C=C\CCCCCCC)COP(=O)(O)O. The average molecular weight is 739 g/mol. The lowest BCUT2D eigenvalue weighted by Crippen LogP contribution is -2.29. The smallest absolute Gasteiger partial charge is 0.462 e. The monoisotopic (exact) mass is 739 g/mol. The Hall–Kier alpha value is -1.99. The van der Waals surface area contributed by atoms with Crippen molar-refractivity contribution in [1.82, 2.24) is 0 Å². The summed E-state index contributed by atoms with van der Waals surface area (Å²) < 4.78 is 26.3. The minimum Gasteiger partial charge on any atom is -0.462 e. The van der Waals surface area contributed by atoms with Crippen molar-refractivity contribution in [2.75, 3.05) is 13.2 Å². The summed E-state index contributed by atoms with van der Waals surface area (Å²) in [4.78, 5) is 42.8. The number of hydrogen-bond acceptors (Lipinski definition) is 6. The molecule has 9 heteroatoms. The second kappa shape index (κ2) is 37.8. The molecule has 1 atom stereocenters. The number of hydrogen-bond donors (Lipinski definition) is 2. The summed E-state index contributed by atoms with van der Waals surface area (Å²) in [6, 6.07) is 0. The fourth-order valence-electron chi connectivity index (χ4n) is 5.49. The number of phosphoric acid groups is 1. The van der Waals surface area contributed by atoms with Crippen LogP contribution in [0.1, 0.15) is 187 Å². The van der Waals surface area contributed by atoms with Gasteiger partial charge in [0, 0.05) is 12.8 Å². The van der Waals surface area contributed by atoms with Crippen LogP contribution in [-0.2, 0) is 28.2 Å². The molecule has 0 aliphatic rings. The maximum absolute atomic E-state index is 12.4. The van der Waals surface area contributed by atoms with Crippen LogP contribution in [0.15, 0.2) is 48.6 Å². The first-order valence-electron chi connectivity index (χ1n) is 20.4. The van der Waals surface area contributed by atoms with Gasteiger partial charge in [0.2, 0.25) is 0 Å². The zero-order valence-electron chi connectivity index (χ0n) is 32.5. The van der Waals surface area contributed by atoms with Crippen molar-refractivity contribution in [2.24, 2.45) is 0 Å². The van der Waals surface area contributed by atoms with E-state index >= 15 is 0 Å². The third kappa shape index (κ3) is 40.6. The van der Waals surface area contributed by atoms with Crippen LogP contribution in [-0.4, -0.2) is 41.0 Å². The van der Waals surface area contributed by atoms with Crippen molar-refractivity contribution in [1.29, 1.82) is 0 Å². The van der Waals surface area contributed by atoms with Crippen LogP contribution in [0.4, 0.5) is 0 Å². The first kappa shape index (κ1) is 49.0. The summed E-state index contributed by atoms with van der Waals surface area (Å²) in [6.07, 6.45) is 45.4. The molecule has 0 heterocycles. The maximum atomic E-state index is 12.4. The number of unbranched alkanes of at least 4 members (excludes halogenated alkanes) is 19. The van der Waals surface area contributed by atoms with E-state index in [0.717, 1.165) is 83.5 Å². The van der Waals surface area contributed by atoms with E-state index < -0.39 is 32.5 Å². The molecule has 0 spiro atoms. The number of allylic oxidation sites excluding steroid dienone is 8. The van der Waals surface area contributed by atoms with Crippen molar-refractivity contribution in [3.63, 3.8) is 0 Å². The Labute approximate surface area is 312 Å². The summed E-state index contributed by atoms with van der Waals surface area (Å²) in [5, 5.41) is 0. The first-order valence-corrected chi connectivity index (χ1v) is 22.0. The highest BCUT2D eigenvalue weighted by molar-refractivity contribution is 7.46. The lowest BCUT2D eigenvalue weighted by Gasteiger charge is -2.18. The Bertz CT molecular complexity index is 968. The van der Waals surface area contributed by atoms with Crippen LogP contribution >= 0.6 is 7.82 Å². The Morgan fingerprint density at radius 2 is 0.882 bits per heavy atom. The number of rotatable bonds is 37. The zero-order valence-corrected chi connectivity index (χ0v) is 33.4. The van der Waals surface area contributed by atoms with Crippen LogP contribution in [0.25, 0.3) is 0 Å². The van der Waals surface area contributed by atoms with Gasteiger partial charge in [-0.25, -0.2) is 4.57 Å². The van der Waals surface area contributed by atoms with Gasteiger partial charge in [0.1, 0.15) is 6.61 Å². The fraction of sp³-hybridized carbons (Fsp3) is 0.762. The van der Waals surface area contributed by atoms with Crippen LogP contribution < -0.4 is 0 Å². The molecular formula is C42H75O8P. The van der Waals surface area contributed by atoms with E-state index in [0.29, 0.717) is 12.8 Å². The average Bonchev–Trinajstić information content (AvgIpc) is 3.10. The fourth-order valence-corrected chi connectivity index (χ4v) is 5.85. The molecule has 0 saturated carbocycles. The summed E-state index contributed by atoms with van der Waals surface area (Å²) >= 11 is 0. The summed E-state index contributed by atoms with van der Waals surface area (Å²) in [5.41, 5.74) is 0. The van der Waals surface area contributed by atoms with E-state index in [1.54, 1.807) is 0 Å². The topological polar surface area (TPSA) is 119 Å². The van der Waals surface area contributed by atoms with Gasteiger partial charge in [0.25, 0.3) is 0 Å². The molecule has 51 heavy (non-hydrogen) atoms. The molecule has 0 aliphatic heterocycles. The van der Waals surface area contributed by atoms with Gasteiger partial charge in [0.15, 0.2) is 6.10 Å². The molecule has 0 aromatic heterocycles. The molecule has 2 N–H and O–H groups in total. The van der Waals surface area contributed by atoms with E-state index in [4.69, 9.17) is 19.3 Å². The Kier molecular flexibility index (Phi) is 36.3. The van der Waals surface area contributed by atoms with Crippen molar-refractivity contribution in [3.05, 3.63) is 48.6 Å². The molecule has 0 radical (unpaired) electrons. The third-order valence-electron chi connectivity index (χ3n) is 8.57. The quantitative estimate of drug-likeness (QED) is 0.0280.